The molecule has 2 nitrogen and oxygen atoms in total. The lowest BCUT2D eigenvalue weighted by atomic mass is 9.92. The van der Waals surface area contributed by atoms with Gasteiger partial charge >= 0.3 is 0 Å². The Labute approximate surface area is 184 Å². The summed E-state index contributed by atoms with van der Waals surface area (Å²) in [6.45, 7) is 26.5. The lowest BCUT2D eigenvalue weighted by Crippen LogP contribution is -2.14. The second kappa shape index (κ2) is 10.0. The molecule has 0 unspecified atom stereocenters. The maximum Gasteiger partial charge on any atom is 0.0544 e. The van der Waals surface area contributed by atoms with Crippen molar-refractivity contribution in [2.24, 2.45) is 0 Å². The van der Waals surface area contributed by atoms with Crippen LogP contribution in [0.4, 0.5) is 11.4 Å². The molecule has 2 heteroatoms. The van der Waals surface area contributed by atoms with Crippen molar-refractivity contribution in [2.45, 2.75) is 79.1 Å². The van der Waals surface area contributed by atoms with E-state index in [1.54, 1.807) is 0 Å². The first-order valence-electron chi connectivity index (χ1n) is 11.2. The highest BCUT2D eigenvalue weighted by Crippen LogP contribution is 2.36. The molecule has 2 N–H and O–H groups in total. The Hall–Kier alpha value is -2.48. The van der Waals surface area contributed by atoms with Gasteiger partial charge in [0.15, 0.2) is 0 Å². The first-order chi connectivity index (χ1) is 14.0. The standard InChI is InChI=1S/C28H40N2/c1-17(2)23-13-11-14-24(18(3)4)27(23)29-21(9)22(10)30-28-25(19(5)6)15-12-16-26(28)20(7)8/h11-20,29-30H,9-10H2,1-8H3. The third-order valence-electron chi connectivity index (χ3n) is 5.66. The van der Waals surface area contributed by atoms with Crippen LogP contribution >= 0.6 is 0 Å². The fourth-order valence-corrected chi connectivity index (χ4v) is 3.84. The molecular weight excluding hydrogens is 364 g/mol. The molecule has 0 saturated heterocycles. The molecule has 0 aliphatic rings. The summed E-state index contributed by atoms with van der Waals surface area (Å²) in [5.74, 6) is 1.70. The number of nitrogens with one attached hydrogen (secondary N) is 2. The Morgan fingerprint density at radius 3 is 0.967 bits per heavy atom. The van der Waals surface area contributed by atoms with E-state index in [1.807, 2.05) is 0 Å². The fraction of sp³-hybridized carbons (Fsp3) is 0.429. The van der Waals surface area contributed by atoms with Gasteiger partial charge in [-0.25, -0.2) is 0 Å². The summed E-state index contributed by atoms with van der Waals surface area (Å²) in [5.41, 5.74) is 9.16. The molecule has 2 aromatic rings. The van der Waals surface area contributed by atoms with Crippen LogP contribution in [0.2, 0.25) is 0 Å². The van der Waals surface area contributed by atoms with Crippen LogP contribution < -0.4 is 10.6 Å². The van der Waals surface area contributed by atoms with Gasteiger partial charge in [0.05, 0.1) is 11.4 Å². The van der Waals surface area contributed by atoms with Crippen molar-refractivity contribution in [3.05, 3.63) is 83.2 Å². The van der Waals surface area contributed by atoms with Crippen molar-refractivity contribution in [3.63, 3.8) is 0 Å². The summed E-state index contributed by atoms with van der Waals surface area (Å²) in [4.78, 5) is 0. The van der Waals surface area contributed by atoms with Gasteiger partial charge in [0, 0.05) is 11.4 Å². The summed E-state index contributed by atoms with van der Waals surface area (Å²) in [5, 5.41) is 7.21. The molecule has 0 atom stereocenters. The average molecular weight is 405 g/mol. The van der Waals surface area contributed by atoms with Crippen LogP contribution in [0.1, 0.15) is 101 Å². The third kappa shape index (κ3) is 5.36. The Kier molecular flexibility index (Phi) is 7.95. The number of benzene rings is 2. The van der Waals surface area contributed by atoms with Crippen molar-refractivity contribution in [3.8, 4) is 0 Å². The first-order valence-corrected chi connectivity index (χ1v) is 11.2. The topological polar surface area (TPSA) is 24.1 Å². The van der Waals surface area contributed by atoms with Crippen molar-refractivity contribution in [2.75, 3.05) is 10.6 Å². The fourth-order valence-electron chi connectivity index (χ4n) is 3.84. The zero-order chi connectivity index (χ0) is 22.6. The predicted octanol–water partition coefficient (Wildman–Crippen LogP) is 8.73. The second-order valence-electron chi connectivity index (χ2n) is 9.45. The Bertz CT molecular complexity index is 773. The largest absolute Gasteiger partial charge is 0.354 e. The highest BCUT2D eigenvalue weighted by atomic mass is 15.0. The summed E-state index contributed by atoms with van der Waals surface area (Å²) in [6.07, 6.45) is 0. The van der Waals surface area contributed by atoms with Gasteiger partial charge in [0.2, 0.25) is 0 Å². The minimum Gasteiger partial charge on any atom is -0.354 e. The van der Waals surface area contributed by atoms with E-state index in [2.05, 4.69) is 116 Å². The molecule has 0 amide bonds. The molecule has 2 aromatic carbocycles. The van der Waals surface area contributed by atoms with Gasteiger partial charge in [-0.2, -0.15) is 0 Å². The molecular formula is C28H40N2. The van der Waals surface area contributed by atoms with E-state index in [1.165, 1.54) is 22.3 Å². The number of anilines is 2. The SMILES string of the molecule is C=C(Nc1c(C(C)C)cccc1C(C)C)C(=C)Nc1c(C(C)C)cccc1C(C)C. The van der Waals surface area contributed by atoms with Crippen LogP contribution in [0.15, 0.2) is 61.0 Å². The average Bonchev–Trinajstić information content (AvgIpc) is 2.67. The lowest BCUT2D eigenvalue weighted by Gasteiger charge is -2.25. The van der Waals surface area contributed by atoms with Crippen molar-refractivity contribution < 1.29 is 0 Å². The van der Waals surface area contributed by atoms with Gasteiger partial charge < -0.3 is 10.6 Å². The summed E-state index contributed by atoms with van der Waals surface area (Å²) in [6, 6.07) is 13.1. The Morgan fingerprint density at radius 1 is 0.533 bits per heavy atom. The van der Waals surface area contributed by atoms with Crippen molar-refractivity contribution in [1.82, 2.24) is 0 Å². The zero-order valence-corrected chi connectivity index (χ0v) is 20.2. The predicted molar refractivity (Wildman–Crippen MR) is 135 cm³/mol. The summed E-state index contributed by atoms with van der Waals surface area (Å²) >= 11 is 0. The van der Waals surface area contributed by atoms with Crippen LogP contribution in [0.5, 0.6) is 0 Å². The Morgan fingerprint density at radius 2 is 0.767 bits per heavy atom. The van der Waals surface area contributed by atoms with E-state index < -0.39 is 0 Å². The molecule has 2 rings (SSSR count). The zero-order valence-electron chi connectivity index (χ0n) is 20.2. The highest BCUT2D eigenvalue weighted by Gasteiger charge is 2.17. The van der Waals surface area contributed by atoms with Gasteiger partial charge in [0.25, 0.3) is 0 Å². The maximum atomic E-state index is 4.32. The first kappa shape index (κ1) is 23.8. The molecule has 30 heavy (non-hydrogen) atoms. The minimum absolute atomic E-state index is 0.425. The number of hydrogen-bond donors (Lipinski definition) is 2. The van der Waals surface area contributed by atoms with E-state index in [0.717, 1.165) is 22.8 Å². The van der Waals surface area contributed by atoms with Crippen LogP contribution in [-0.4, -0.2) is 0 Å². The van der Waals surface area contributed by atoms with Crippen molar-refractivity contribution in [1.29, 1.82) is 0 Å². The highest BCUT2D eigenvalue weighted by molar-refractivity contribution is 5.68. The minimum atomic E-state index is 0.425. The van der Waals surface area contributed by atoms with Crippen LogP contribution in [0.25, 0.3) is 0 Å². The molecule has 162 valence electrons. The van der Waals surface area contributed by atoms with Gasteiger partial charge in [-0.3, -0.25) is 0 Å². The maximum absolute atomic E-state index is 4.32. The van der Waals surface area contributed by atoms with Gasteiger partial charge in [-0.15, -0.1) is 0 Å². The Balaban J connectivity index is 2.37. The third-order valence-corrected chi connectivity index (χ3v) is 5.66. The molecule has 0 radical (unpaired) electrons. The molecule has 0 aliphatic heterocycles. The van der Waals surface area contributed by atoms with Crippen LogP contribution in [0, 0.1) is 0 Å². The van der Waals surface area contributed by atoms with E-state index in [0.29, 0.717) is 23.7 Å². The number of para-hydroxylation sites is 2. The molecule has 0 heterocycles. The monoisotopic (exact) mass is 404 g/mol. The van der Waals surface area contributed by atoms with E-state index in [4.69, 9.17) is 0 Å². The van der Waals surface area contributed by atoms with Crippen molar-refractivity contribution >= 4 is 11.4 Å². The molecule has 0 saturated carbocycles. The molecule has 0 fully saturated rings. The van der Waals surface area contributed by atoms with Gasteiger partial charge in [-0.05, 0) is 45.9 Å². The molecule has 0 bridgehead atoms. The van der Waals surface area contributed by atoms with Crippen LogP contribution in [-0.2, 0) is 0 Å². The normalized spacial score (nSPS) is 11.5. The van der Waals surface area contributed by atoms with E-state index in [-0.39, 0.29) is 0 Å². The van der Waals surface area contributed by atoms with Gasteiger partial charge in [0.1, 0.15) is 0 Å². The quantitative estimate of drug-likeness (QED) is 0.408. The van der Waals surface area contributed by atoms with Crippen LogP contribution in [0.3, 0.4) is 0 Å². The van der Waals surface area contributed by atoms with E-state index >= 15 is 0 Å². The number of rotatable bonds is 9. The van der Waals surface area contributed by atoms with E-state index in [9.17, 15) is 0 Å². The van der Waals surface area contributed by atoms with Gasteiger partial charge in [-0.1, -0.05) is 105 Å². The molecule has 0 aliphatic carbocycles. The number of hydrogen-bond acceptors (Lipinski definition) is 2. The molecule has 0 aromatic heterocycles. The summed E-state index contributed by atoms with van der Waals surface area (Å²) < 4.78 is 0. The summed E-state index contributed by atoms with van der Waals surface area (Å²) in [7, 11) is 0. The smallest absolute Gasteiger partial charge is 0.0544 e. The second-order valence-corrected chi connectivity index (χ2v) is 9.45. The lowest BCUT2D eigenvalue weighted by molar-refractivity contribution is 0.835. The molecule has 0 spiro atoms.